The van der Waals surface area contributed by atoms with E-state index in [1.54, 1.807) is 7.11 Å². The number of nitriles is 1. The molecule has 0 fully saturated rings. The van der Waals surface area contributed by atoms with Gasteiger partial charge in [0.05, 0.1) is 18.2 Å². The van der Waals surface area contributed by atoms with Gasteiger partial charge in [0.15, 0.2) is 5.11 Å². The molecule has 0 aliphatic heterocycles. The van der Waals surface area contributed by atoms with Crippen LogP contribution in [-0.2, 0) is 0 Å². The van der Waals surface area contributed by atoms with Crippen LogP contribution in [-0.4, -0.2) is 36.8 Å². The third-order valence-corrected chi connectivity index (χ3v) is 3.47. The predicted molar refractivity (Wildman–Crippen MR) is 95.8 cm³/mol. The van der Waals surface area contributed by atoms with E-state index in [9.17, 15) is 5.26 Å². The van der Waals surface area contributed by atoms with Crippen LogP contribution in [0.2, 0.25) is 0 Å². The minimum Gasteiger partial charge on any atom is -0.497 e. The number of nitrogens with zero attached hydrogens (tertiary/aromatic N) is 2. The van der Waals surface area contributed by atoms with Crippen molar-refractivity contribution < 1.29 is 4.74 Å². The number of methoxy groups -OCH3 is 1. The first-order chi connectivity index (χ1) is 11.2. The molecule has 23 heavy (non-hydrogen) atoms. The van der Waals surface area contributed by atoms with Crippen molar-refractivity contribution in [3.8, 4) is 11.8 Å². The maximum absolute atomic E-state index is 9.31. The van der Waals surface area contributed by atoms with Gasteiger partial charge in [0, 0.05) is 25.0 Å². The third kappa shape index (κ3) is 4.44. The summed E-state index contributed by atoms with van der Waals surface area (Å²) >= 11 is 5.09. The minimum absolute atomic E-state index is 0.500. The second kappa shape index (κ2) is 8.15. The number of hydrogen-bond acceptors (Lipinski definition) is 5. The lowest BCUT2D eigenvalue weighted by Gasteiger charge is -2.11. The van der Waals surface area contributed by atoms with Gasteiger partial charge in [-0.1, -0.05) is 0 Å². The van der Waals surface area contributed by atoms with Crippen molar-refractivity contribution in [1.29, 1.82) is 5.26 Å². The van der Waals surface area contributed by atoms with Crippen LogP contribution in [0.1, 0.15) is 12.5 Å². The summed E-state index contributed by atoms with van der Waals surface area (Å²) in [7, 11) is 1.61. The molecular weight excluding hydrogens is 310 g/mol. The highest BCUT2D eigenvalue weighted by Gasteiger charge is 2.07. The Kier molecular flexibility index (Phi) is 5.94. The number of fused-ring (bicyclic) bond motifs is 1. The number of benzene rings is 1. The standard InChI is InChI=1S/C16H19N5OS/c1-3-18-16(23)20-7-6-19-15-12(10-17)8-11-9-13(22-2)4-5-14(11)21-15/h4-5,8-9H,3,6-7H2,1-2H3,(H,19,21)(H2,18,20,23). The molecule has 1 heterocycles. The van der Waals surface area contributed by atoms with E-state index >= 15 is 0 Å². The summed E-state index contributed by atoms with van der Waals surface area (Å²) in [6.07, 6.45) is 0. The van der Waals surface area contributed by atoms with Crippen LogP contribution in [0.5, 0.6) is 5.75 Å². The van der Waals surface area contributed by atoms with Gasteiger partial charge in [0.2, 0.25) is 0 Å². The monoisotopic (exact) mass is 329 g/mol. The fourth-order valence-electron chi connectivity index (χ4n) is 2.08. The summed E-state index contributed by atoms with van der Waals surface area (Å²) in [6, 6.07) is 9.57. The molecule has 0 bridgehead atoms. The summed E-state index contributed by atoms with van der Waals surface area (Å²) < 4.78 is 5.20. The van der Waals surface area contributed by atoms with E-state index in [4.69, 9.17) is 17.0 Å². The summed E-state index contributed by atoms with van der Waals surface area (Å²) in [5.74, 6) is 1.31. The highest BCUT2D eigenvalue weighted by atomic mass is 32.1. The van der Waals surface area contributed by atoms with Gasteiger partial charge in [-0.15, -0.1) is 0 Å². The van der Waals surface area contributed by atoms with E-state index in [2.05, 4.69) is 27.0 Å². The smallest absolute Gasteiger partial charge is 0.166 e. The van der Waals surface area contributed by atoms with E-state index in [1.165, 1.54) is 0 Å². The zero-order chi connectivity index (χ0) is 16.7. The molecule has 1 aromatic heterocycles. The molecule has 0 spiro atoms. The molecule has 0 aliphatic carbocycles. The van der Waals surface area contributed by atoms with Crippen molar-refractivity contribution in [3.05, 3.63) is 29.8 Å². The lowest BCUT2D eigenvalue weighted by molar-refractivity contribution is 0.415. The molecule has 0 unspecified atom stereocenters. The molecular formula is C16H19N5OS. The van der Waals surface area contributed by atoms with Gasteiger partial charge in [-0.2, -0.15) is 5.26 Å². The molecule has 7 heteroatoms. The number of thiocarbonyl (C=S) groups is 1. The first-order valence-electron chi connectivity index (χ1n) is 7.32. The lowest BCUT2D eigenvalue weighted by Crippen LogP contribution is -2.37. The zero-order valence-corrected chi connectivity index (χ0v) is 14.0. The Balaban J connectivity index is 2.08. The van der Waals surface area contributed by atoms with Crippen molar-refractivity contribution in [2.24, 2.45) is 0 Å². The second-order valence-corrected chi connectivity index (χ2v) is 5.18. The molecule has 0 aliphatic rings. The number of ether oxygens (including phenoxy) is 1. The molecule has 0 amide bonds. The van der Waals surface area contributed by atoms with Gasteiger partial charge in [0.25, 0.3) is 0 Å². The van der Waals surface area contributed by atoms with Crippen LogP contribution in [0.4, 0.5) is 5.82 Å². The van der Waals surface area contributed by atoms with Gasteiger partial charge in [-0.3, -0.25) is 0 Å². The van der Waals surface area contributed by atoms with E-state index < -0.39 is 0 Å². The van der Waals surface area contributed by atoms with Crippen LogP contribution in [0.3, 0.4) is 0 Å². The van der Waals surface area contributed by atoms with E-state index in [0.717, 1.165) is 23.2 Å². The van der Waals surface area contributed by atoms with Crippen LogP contribution in [0.15, 0.2) is 24.3 Å². The maximum atomic E-state index is 9.31. The topological polar surface area (TPSA) is 82.0 Å². The Morgan fingerprint density at radius 3 is 2.83 bits per heavy atom. The van der Waals surface area contributed by atoms with Crippen LogP contribution in [0, 0.1) is 11.3 Å². The van der Waals surface area contributed by atoms with E-state index in [0.29, 0.717) is 29.6 Å². The molecule has 1 aromatic carbocycles. The van der Waals surface area contributed by atoms with E-state index in [1.807, 2.05) is 31.2 Å². The average Bonchev–Trinajstić information content (AvgIpc) is 2.57. The van der Waals surface area contributed by atoms with Crippen molar-refractivity contribution in [3.63, 3.8) is 0 Å². The van der Waals surface area contributed by atoms with E-state index in [-0.39, 0.29) is 0 Å². The summed E-state index contributed by atoms with van der Waals surface area (Å²) in [6.45, 7) is 4.01. The highest BCUT2D eigenvalue weighted by Crippen LogP contribution is 2.23. The van der Waals surface area contributed by atoms with Crippen LogP contribution in [0.25, 0.3) is 10.9 Å². The predicted octanol–water partition coefficient (Wildman–Crippen LogP) is 2.01. The molecule has 3 N–H and O–H groups in total. The molecule has 120 valence electrons. The van der Waals surface area contributed by atoms with Gasteiger partial charge in [-0.25, -0.2) is 4.98 Å². The SMILES string of the molecule is CCNC(=S)NCCNc1nc2ccc(OC)cc2cc1C#N. The third-order valence-electron chi connectivity index (χ3n) is 3.18. The molecule has 2 aromatic rings. The van der Waals surface area contributed by atoms with Crippen molar-refractivity contribution in [2.75, 3.05) is 32.1 Å². The normalized spacial score (nSPS) is 9.96. The molecule has 0 atom stereocenters. The number of anilines is 1. The number of aromatic nitrogens is 1. The Labute approximate surface area is 140 Å². The summed E-state index contributed by atoms with van der Waals surface area (Å²) in [5, 5.41) is 20.1. The van der Waals surface area contributed by atoms with Gasteiger partial charge in [0.1, 0.15) is 17.6 Å². The molecule has 0 radical (unpaired) electrons. The number of rotatable bonds is 6. The summed E-state index contributed by atoms with van der Waals surface area (Å²) in [4.78, 5) is 4.51. The first-order valence-corrected chi connectivity index (χ1v) is 7.73. The molecule has 2 rings (SSSR count). The van der Waals surface area contributed by atoms with Crippen molar-refractivity contribution >= 4 is 34.1 Å². The van der Waals surface area contributed by atoms with Crippen molar-refractivity contribution in [1.82, 2.24) is 15.6 Å². The molecule has 0 saturated carbocycles. The fourth-order valence-corrected chi connectivity index (χ4v) is 2.33. The molecule has 6 nitrogen and oxygen atoms in total. The van der Waals surface area contributed by atoms with Crippen LogP contribution < -0.4 is 20.7 Å². The average molecular weight is 329 g/mol. The Morgan fingerprint density at radius 1 is 1.30 bits per heavy atom. The van der Waals surface area contributed by atoms with Crippen molar-refractivity contribution in [2.45, 2.75) is 6.92 Å². The fraction of sp³-hybridized carbons (Fsp3) is 0.312. The van der Waals surface area contributed by atoms with Crippen LogP contribution >= 0.6 is 12.2 Å². The largest absolute Gasteiger partial charge is 0.497 e. The Morgan fingerprint density at radius 2 is 2.13 bits per heavy atom. The summed E-state index contributed by atoms with van der Waals surface area (Å²) in [5.41, 5.74) is 1.31. The molecule has 0 saturated heterocycles. The van der Waals surface area contributed by atoms with Gasteiger partial charge >= 0.3 is 0 Å². The minimum atomic E-state index is 0.500. The Bertz CT molecular complexity index is 741. The van der Waals surface area contributed by atoms with Gasteiger partial charge < -0.3 is 20.7 Å². The quantitative estimate of drug-likeness (QED) is 0.552. The second-order valence-electron chi connectivity index (χ2n) is 4.77. The maximum Gasteiger partial charge on any atom is 0.166 e. The number of hydrogen-bond donors (Lipinski definition) is 3. The zero-order valence-electron chi connectivity index (χ0n) is 13.1. The first kappa shape index (κ1) is 16.8. The number of nitrogens with one attached hydrogen (secondary N) is 3. The van der Waals surface area contributed by atoms with Gasteiger partial charge in [-0.05, 0) is 43.4 Å². The highest BCUT2D eigenvalue weighted by molar-refractivity contribution is 7.80. The Hall–Kier alpha value is -2.59. The number of pyridine rings is 1. The lowest BCUT2D eigenvalue weighted by atomic mass is 10.1.